The number of hydrogen-bond donors (Lipinski definition) is 3. The molecule has 0 aliphatic rings. The van der Waals surface area contributed by atoms with Crippen molar-refractivity contribution in [2.75, 3.05) is 5.73 Å². The molecule has 0 radical (unpaired) electrons. The molecule has 0 atom stereocenters. The predicted octanol–water partition coefficient (Wildman–Crippen LogP) is 2.52. The van der Waals surface area contributed by atoms with Gasteiger partial charge in [-0.1, -0.05) is 0 Å². The summed E-state index contributed by atoms with van der Waals surface area (Å²) >= 11 is 0. The van der Waals surface area contributed by atoms with Crippen LogP contribution in [0, 0.1) is 0 Å². The zero-order chi connectivity index (χ0) is 11.8. The Kier molecular flexibility index (Phi) is 2.01. The number of rotatable bonds is 1. The lowest BCUT2D eigenvalue weighted by Gasteiger charge is -1.96. The number of nitrogens with two attached hydrogens (primary N) is 1. The van der Waals surface area contributed by atoms with Crippen LogP contribution in [0.1, 0.15) is 0 Å². The normalized spacial score (nSPS) is 10.8. The number of nitrogens with one attached hydrogen (secondary N) is 1. The van der Waals surface area contributed by atoms with Crippen molar-refractivity contribution in [3.05, 3.63) is 42.5 Å². The molecule has 0 saturated carbocycles. The van der Waals surface area contributed by atoms with Crippen LogP contribution in [-0.4, -0.2) is 15.1 Å². The standard InChI is InChI=1S/C13H11N3O/c14-9-3-1-8(2-4-9)13-15-11-6-5-10(17)7-12(11)16-13/h1-7,17H,14H2,(H,15,16). The second-order valence-corrected chi connectivity index (χ2v) is 3.91. The molecule has 0 unspecified atom stereocenters. The van der Waals surface area contributed by atoms with Gasteiger partial charge in [-0.3, -0.25) is 0 Å². The quantitative estimate of drug-likeness (QED) is 0.557. The summed E-state index contributed by atoms with van der Waals surface area (Å²) in [7, 11) is 0. The Balaban J connectivity index is 2.14. The molecule has 4 heteroatoms. The second-order valence-electron chi connectivity index (χ2n) is 3.91. The highest BCUT2D eigenvalue weighted by molar-refractivity contribution is 5.80. The highest BCUT2D eigenvalue weighted by atomic mass is 16.3. The fraction of sp³-hybridized carbons (Fsp3) is 0. The predicted molar refractivity (Wildman–Crippen MR) is 67.6 cm³/mol. The summed E-state index contributed by atoms with van der Waals surface area (Å²) < 4.78 is 0. The van der Waals surface area contributed by atoms with E-state index >= 15 is 0 Å². The van der Waals surface area contributed by atoms with E-state index in [4.69, 9.17) is 5.73 Å². The Morgan fingerprint density at radius 2 is 1.82 bits per heavy atom. The molecule has 4 nitrogen and oxygen atoms in total. The highest BCUT2D eigenvalue weighted by Crippen LogP contribution is 2.23. The molecule has 3 aromatic rings. The summed E-state index contributed by atoms with van der Waals surface area (Å²) in [6.07, 6.45) is 0. The third-order valence-electron chi connectivity index (χ3n) is 2.65. The molecule has 0 fully saturated rings. The number of nitrogen functional groups attached to an aromatic ring is 1. The van der Waals surface area contributed by atoms with E-state index in [2.05, 4.69) is 9.97 Å². The van der Waals surface area contributed by atoms with Crippen molar-refractivity contribution in [3.63, 3.8) is 0 Å². The summed E-state index contributed by atoms with van der Waals surface area (Å²) in [6.45, 7) is 0. The molecule has 3 rings (SSSR count). The first-order valence-electron chi connectivity index (χ1n) is 5.27. The van der Waals surface area contributed by atoms with Gasteiger partial charge in [0.2, 0.25) is 0 Å². The average Bonchev–Trinajstić information content (AvgIpc) is 2.72. The largest absolute Gasteiger partial charge is 0.508 e. The van der Waals surface area contributed by atoms with Crippen LogP contribution in [0.25, 0.3) is 22.4 Å². The molecule has 4 N–H and O–H groups in total. The van der Waals surface area contributed by atoms with Gasteiger partial charge in [-0.2, -0.15) is 0 Å². The summed E-state index contributed by atoms with van der Waals surface area (Å²) in [5.74, 6) is 0.996. The molecule has 0 aliphatic heterocycles. The van der Waals surface area contributed by atoms with Crippen molar-refractivity contribution < 1.29 is 5.11 Å². The Morgan fingerprint density at radius 1 is 1.06 bits per heavy atom. The molecule has 0 saturated heterocycles. The first-order chi connectivity index (χ1) is 8.22. The van der Waals surface area contributed by atoms with E-state index < -0.39 is 0 Å². The molecule has 0 amide bonds. The molecular weight excluding hydrogens is 214 g/mol. The first kappa shape index (κ1) is 9.72. The van der Waals surface area contributed by atoms with Crippen molar-refractivity contribution in [2.24, 2.45) is 0 Å². The third-order valence-corrected chi connectivity index (χ3v) is 2.65. The maximum Gasteiger partial charge on any atom is 0.138 e. The van der Waals surface area contributed by atoms with Crippen LogP contribution in [0.5, 0.6) is 5.75 Å². The lowest BCUT2D eigenvalue weighted by molar-refractivity contribution is 0.476. The van der Waals surface area contributed by atoms with Crippen LogP contribution in [0.4, 0.5) is 5.69 Å². The number of hydrogen-bond acceptors (Lipinski definition) is 3. The van der Waals surface area contributed by atoms with Gasteiger partial charge in [0, 0.05) is 17.3 Å². The minimum Gasteiger partial charge on any atom is -0.508 e. The zero-order valence-corrected chi connectivity index (χ0v) is 9.01. The first-order valence-corrected chi connectivity index (χ1v) is 5.27. The van der Waals surface area contributed by atoms with Crippen LogP contribution in [-0.2, 0) is 0 Å². The molecule has 84 valence electrons. The van der Waals surface area contributed by atoms with Gasteiger partial charge in [0.05, 0.1) is 11.0 Å². The van der Waals surface area contributed by atoms with E-state index in [0.29, 0.717) is 0 Å². The third kappa shape index (κ3) is 1.69. The van der Waals surface area contributed by atoms with Gasteiger partial charge in [-0.15, -0.1) is 0 Å². The maximum absolute atomic E-state index is 9.38. The topological polar surface area (TPSA) is 74.9 Å². The number of imidazole rings is 1. The van der Waals surface area contributed by atoms with E-state index in [1.54, 1.807) is 18.2 Å². The van der Waals surface area contributed by atoms with Gasteiger partial charge < -0.3 is 15.8 Å². The van der Waals surface area contributed by atoms with Crippen molar-refractivity contribution in [2.45, 2.75) is 0 Å². The molecule has 0 bridgehead atoms. The maximum atomic E-state index is 9.38. The summed E-state index contributed by atoms with van der Waals surface area (Å²) in [5, 5.41) is 9.38. The minimum atomic E-state index is 0.227. The molecule has 17 heavy (non-hydrogen) atoms. The fourth-order valence-corrected chi connectivity index (χ4v) is 1.78. The van der Waals surface area contributed by atoms with Crippen molar-refractivity contribution >= 4 is 16.7 Å². The fourth-order valence-electron chi connectivity index (χ4n) is 1.78. The van der Waals surface area contributed by atoms with E-state index in [9.17, 15) is 5.11 Å². The smallest absolute Gasteiger partial charge is 0.138 e. The van der Waals surface area contributed by atoms with Crippen LogP contribution < -0.4 is 5.73 Å². The number of phenolic OH excluding ortho intramolecular Hbond substituents is 1. The van der Waals surface area contributed by atoms with Crippen molar-refractivity contribution in [1.29, 1.82) is 0 Å². The van der Waals surface area contributed by atoms with E-state index in [-0.39, 0.29) is 5.75 Å². The number of aromatic nitrogens is 2. The van der Waals surface area contributed by atoms with Gasteiger partial charge in [0.25, 0.3) is 0 Å². The van der Waals surface area contributed by atoms with Gasteiger partial charge >= 0.3 is 0 Å². The summed E-state index contributed by atoms with van der Waals surface area (Å²) in [5.41, 5.74) is 8.97. The van der Waals surface area contributed by atoms with E-state index in [1.165, 1.54) is 0 Å². The lowest BCUT2D eigenvalue weighted by Crippen LogP contribution is -1.84. The molecule has 1 aromatic heterocycles. The number of H-pyrrole nitrogens is 1. The van der Waals surface area contributed by atoms with Gasteiger partial charge in [0.1, 0.15) is 11.6 Å². The van der Waals surface area contributed by atoms with Crippen LogP contribution in [0.2, 0.25) is 0 Å². The van der Waals surface area contributed by atoms with Crippen LogP contribution in [0.3, 0.4) is 0 Å². The van der Waals surface area contributed by atoms with Gasteiger partial charge in [0.15, 0.2) is 0 Å². The SMILES string of the molecule is Nc1ccc(-c2nc3ccc(O)cc3[nH]2)cc1. The number of aromatic amines is 1. The number of fused-ring (bicyclic) bond motifs is 1. The second kappa shape index (κ2) is 3.52. The molecule has 2 aromatic carbocycles. The van der Waals surface area contributed by atoms with E-state index in [1.807, 2.05) is 24.3 Å². The Bertz CT molecular complexity index is 671. The Morgan fingerprint density at radius 3 is 2.59 bits per heavy atom. The monoisotopic (exact) mass is 225 g/mol. The minimum absolute atomic E-state index is 0.227. The number of aromatic hydroxyl groups is 1. The summed E-state index contributed by atoms with van der Waals surface area (Å²) in [4.78, 5) is 7.61. The molecule has 1 heterocycles. The lowest BCUT2D eigenvalue weighted by atomic mass is 10.2. The van der Waals surface area contributed by atoms with Crippen LogP contribution in [0.15, 0.2) is 42.5 Å². The zero-order valence-electron chi connectivity index (χ0n) is 9.01. The number of nitrogens with zero attached hydrogens (tertiary/aromatic N) is 1. The molecule has 0 aliphatic carbocycles. The van der Waals surface area contributed by atoms with Crippen molar-refractivity contribution in [3.8, 4) is 17.1 Å². The number of phenols is 1. The van der Waals surface area contributed by atoms with Crippen molar-refractivity contribution in [1.82, 2.24) is 9.97 Å². The summed E-state index contributed by atoms with van der Waals surface area (Å²) in [6, 6.07) is 12.5. The Hall–Kier alpha value is -2.49. The van der Waals surface area contributed by atoms with E-state index in [0.717, 1.165) is 28.1 Å². The number of benzene rings is 2. The molecular formula is C13H11N3O. The average molecular weight is 225 g/mol. The Labute approximate surface area is 97.7 Å². The molecule has 0 spiro atoms. The van der Waals surface area contributed by atoms with Crippen LogP contribution >= 0.6 is 0 Å². The van der Waals surface area contributed by atoms with Gasteiger partial charge in [-0.05, 0) is 36.4 Å². The number of anilines is 1. The van der Waals surface area contributed by atoms with Gasteiger partial charge in [-0.25, -0.2) is 4.98 Å². The highest BCUT2D eigenvalue weighted by Gasteiger charge is 2.05.